The Kier molecular flexibility index (Phi) is 8.00. The zero-order chi connectivity index (χ0) is 21.6. The van der Waals surface area contributed by atoms with Gasteiger partial charge in [0, 0.05) is 6.04 Å². The van der Waals surface area contributed by atoms with Gasteiger partial charge in [0.25, 0.3) is 5.91 Å². The van der Waals surface area contributed by atoms with Crippen LogP contribution in [0.2, 0.25) is 0 Å². The second-order valence-corrected chi connectivity index (χ2v) is 8.11. The van der Waals surface area contributed by atoms with Gasteiger partial charge in [-0.25, -0.2) is 4.79 Å². The first-order valence-electron chi connectivity index (χ1n) is 8.58. The first kappa shape index (κ1) is 22.7. The van der Waals surface area contributed by atoms with E-state index in [0.29, 0.717) is 20.3 Å². The molecular formula is C21H18Br2N2O4. The molecule has 0 bridgehead atoms. The van der Waals surface area contributed by atoms with Gasteiger partial charge in [0.2, 0.25) is 0 Å². The smallest absolute Gasteiger partial charge is 0.335 e. The number of carbonyl (C=O) groups excluding carboxylic acids is 1. The highest BCUT2D eigenvalue weighted by atomic mass is 79.9. The van der Waals surface area contributed by atoms with Crippen LogP contribution in [0.4, 0.5) is 0 Å². The molecule has 0 spiro atoms. The van der Waals surface area contributed by atoms with E-state index in [1.54, 1.807) is 24.3 Å². The fourth-order valence-corrected chi connectivity index (χ4v) is 3.81. The van der Waals surface area contributed by atoms with Gasteiger partial charge in [0.15, 0.2) is 0 Å². The van der Waals surface area contributed by atoms with Gasteiger partial charge in [0.1, 0.15) is 24.0 Å². The summed E-state index contributed by atoms with van der Waals surface area (Å²) in [5.41, 5.74) is 1.68. The van der Waals surface area contributed by atoms with Crippen LogP contribution in [-0.2, 0) is 11.4 Å². The molecule has 2 rings (SSSR count). The summed E-state index contributed by atoms with van der Waals surface area (Å²) in [6, 6.07) is 11.7. The predicted molar refractivity (Wildman–Crippen MR) is 116 cm³/mol. The number of amides is 1. The van der Waals surface area contributed by atoms with E-state index in [1.807, 2.05) is 19.9 Å². The molecule has 150 valence electrons. The van der Waals surface area contributed by atoms with Crippen molar-refractivity contribution < 1.29 is 19.4 Å². The summed E-state index contributed by atoms with van der Waals surface area (Å²) in [6.45, 7) is 3.88. The fraction of sp³-hybridized carbons (Fsp3) is 0.190. The summed E-state index contributed by atoms with van der Waals surface area (Å²) in [7, 11) is 0. The van der Waals surface area contributed by atoms with Crippen LogP contribution in [0.15, 0.2) is 50.9 Å². The van der Waals surface area contributed by atoms with Crippen LogP contribution in [-0.4, -0.2) is 23.0 Å². The maximum atomic E-state index is 12.1. The Morgan fingerprint density at radius 3 is 2.28 bits per heavy atom. The zero-order valence-corrected chi connectivity index (χ0v) is 18.9. The Balaban J connectivity index is 2.18. The number of aromatic carboxylic acids is 1. The van der Waals surface area contributed by atoms with Crippen molar-refractivity contribution in [2.24, 2.45) is 0 Å². The molecule has 1 amide bonds. The second-order valence-electron chi connectivity index (χ2n) is 6.40. The van der Waals surface area contributed by atoms with E-state index >= 15 is 0 Å². The van der Waals surface area contributed by atoms with Crippen molar-refractivity contribution >= 4 is 49.8 Å². The Morgan fingerprint density at radius 2 is 1.79 bits per heavy atom. The molecule has 2 N–H and O–H groups in total. The average Bonchev–Trinajstić information content (AvgIpc) is 2.65. The fourth-order valence-electron chi connectivity index (χ4n) is 2.35. The van der Waals surface area contributed by atoms with Crippen LogP contribution >= 0.6 is 31.9 Å². The summed E-state index contributed by atoms with van der Waals surface area (Å²) >= 11 is 6.89. The molecule has 0 aliphatic carbocycles. The van der Waals surface area contributed by atoms with Crippen molar-refractivity contribution in [3.8, 4) is 11.8 Å². The van der Waals surface area contributed by atoms with E-state index in [2.05, 4.69) is 37.2 Å². The zero-order valence-electron chi connectivity index (χ0n) is 15.7. The number of benzene rings is 2. The lowest BCUT2D eigenvalue weighted by Gasteiger charge is -2.12. The quantitative estimate of drug-likeness (QED) is 0.398. The molecule has 0 saturated heterocycles. The minimum atomic E-state index is -0.981. The number of hydrogen-bond acceptors (Lipinski definition) is 4. The lowest BCUT2D eigenvalue weighted by molar-refractivity contribution is -0.117. The lowest BCUT2D eigenvalue weighted by Crippen LogP contribution is -2.30. The van der Waals surface area contributed by atoms with Gasteiger partial charge in [0.05, 0.1) is 14.5 Å². The van der Waals surface area contributed by atoms with Gasteiger partial charge in [-0.1, -0.05) is 12.1 Å². The number of rotatable bonds is 7. The van der Waals surface area contributed by atoms with E-state index in [-0.39, 0.29) is 23.8 Å². The van der Waals surface area contributed by atoms with Crippen LogP contribution in [0.1, 0.15) is 35.3 Å². The first-order chi connectivity index (χ1) is 13.7. The standard InChI is InChI=1S/C21H18Br2N2O4/c1-12(2)25-20(26)16(10-24)7-14-8-17(22)19(18(23)9-14)29-11-13-3-5-15(6-4-13)21(27)28/h3-9,12H,11H2,1-2H3,(H,25,26)(H,27,28)/b16-7-. The number of nitrogens with one attached hydrogen (secondary N) is 1. The normalized spacial score (nSPS) is 11.1. The monoisotopic (exact) mass is 520 g/mol. The third-order valence-corrected chi connectivity index (χ3v) is 4.88. The summed E-state index contributed by atoms with van der Waals surface area (Å²) in [5.74, 6) is -0.861. The van der Waals surface area contributed by atoms with Crippen LogP contribution in [0.25, 0.3) is 6.08 Å². The molecule has 0 fully saturated rings. The molecule has 0 aliphatic rings. The van der Waals surface area contributed by atoms with Crippen LogP contribution in [0.5, 0.6) is 5.75 Å². The van der Waals surface area contributed by atoms with Gasteiger partial charge < -0.3 is 15.2 Å². The summed E-state index contributed by atoms with van der Waals surface area (Å²) in [6.07, 6.45) is 1.50. The summed E-state index contributed by atoms with van der Waals surface area (Å²) in [4.78, 5) is 23.0. The number of carboxylic acid groups (broad SMARTS) is 1. The minimum Gasteiger partial charge on any atom is -0.487 e. The summed E-state index contributed by atoms with van der Waals surface area (Å²) < 4.78 is 7.12. The van der Waals surface area contributed by atoms with Crippen molar-refractivity contribution in [1.82, 2.24) is 5.32 Å². The highest BCUT2D eigenvalue weighted by Gasteiger charge is 2.13. The van der Waals surface area contributed by atoms with Crippen molar-refractivity contribution in [3.05, 3.63) is 67.6 Å². The van der Waals surface area contributed by atoms with Crippen LogP contribution < -0.4 is 10.1 Å². The Hall–Kier alpha value is -2.63. The van der Waals surface area contributed by atoms with Crippen LogP contribution in [0.3, 0.4) is 0 Å². The molecule has 8 heteroatoms. The van der Waals surface area contributed by atoms with Gasteiger partial charge in [-0.05, 0) is 87.2 Å². The Labute approximate surface area is 185 Å². The average molecular weight is 522 g/mol. The number of hydrogen-bond donors (Lipinski definition) is 2. The van der Waals surface area contributed by atoms with Crippen molar-refractivity contribution in [3.63, 3.8) is 0 Å². The number of ether oxygens (including phenoxy) is 1. The van der Waals surface area contributed by atoms with E-state index in [9.17, 15) is 14.9 Å². The number of carboxylic acids is 1. The van der Waals surface area contributed by atoms with Gasteiger partial charge in [-0.3, -0.25) is 4.79 Å². The van der Waals surface area contributed by atoms with E-state index in [4.69, 9.17) is 9.84 Å². The van der Waals surface area contributed by atoms with E-state index in [0.717, 1.165) is 5.56 Å². The molecule has 0 heterocycles. The van der Waals surface area contributed by atoms with Crippen molar-refractivity contribution in [2.45, 2.75) is 26.5 Å². The molecule has 0 aliphatic heterocycles. The Morgan fingerprint density at radius 1 is 1.21 bits per heavy atom. The third-order valence-electron chi connectivity index (χ3n) is 3.70. The summed E-state index contributed by atoms with van der Waals surface area (Å²) in [5, 5.41) is 20.9. The topological polar surface area (TPSA) is 99.4 Å². The number of carbonyl (C=O) groups is 2. The maximum absolute atomic E-state index is 12.1. The first-order valence-corrected chi connectivity index (χ1v) is 10.2. The van der Waals surface area contributed by atoms with Gasteiger partial charge in [-0.2, -0.15) is 5.26 Å². The van der Waals surface area contributed by atoms with E-state index in [1.165, 1.54) is 18.2 Å². The minimum absolute atomic E-state index is 0.00434. The highest BCUT2D eigenvalue weighted by Crippen LogP contribution is 2.36. The van der Waals surface area contributed by atoms with Crippen LogP contribution in [0, 0.1) is 11.3 Å². The molecule has 0 unspecified atom stereocenters. The molecule has 0 radical (unpaired) electrons. The Bertz CT molecular complexity index is 970. The van der Waals surface area contributed by atoms with Crippen molar-refractivity contribution in [1.29, 1.82) is 5.26 Å². The molecule has 0 atom stereocenters. The SMILES string of the molecule is CC(C)NC(=O)/C(C#N)=C\c1cc(Br)c(OCc2ccc(C(=O)O)cc2)c(Br)c1. The molecule has 2 aromatic rings. The third kappa shape index (κ3) is 6.44. The largest absolute Gasteiger partial charge is 0.487 e. The number of nitrogens with zero attached hydrogens (tertiary/aromatic N) is 1. The molecular weight excluding hydrogens is 504 g/mol. The molecule has 6 nitrogen and oxygen atoms in total. The molecule has 2 aromatic carbocycles. The number of halogens is 2. The maximum Gasteiger partial charge on any atom is 0.335 e. The molecule has 0 saturated carbocycles. The van der Waals surface area contributed by atoms with Crippen molar-refractivity contribution in [2.75, 3.05) is 0 Å². The predicted octanol–water partition coefficient (Wildman–Crippen LogP) is 4.92. The lowest BCUT2D eigenvalue weighted by atomic mass is 10.1. The number of nitriles is 1. The molecule has 0 aromatic heterocycles. The van der Waals surface area contributed by atoms with E-state index < -0.39 is 11.9 Å². The molecule has 29 heavy (non-hydrogen) atoms. The second kappa shape index (κ2) is 10.2. The van der Waals surface area contributed by atoms with Gasteiger partial charge >= 0.3 is 5.97 Å². The van der Waals surface area contributed by atoms with Gasteiger partial charge in [-0.15, -0.1) is 0 Å². The highest BCUT2D eigenvalue weighted by molar-refractivity contribution is 9.11.